The van der Waals surface area contributed by atoms with Crippen LogP contribution in [0.15, 0.2) is 30.3 Å². The molecular formula is C15H21NO7S. The number of aliphatic hydroxyl groups excluding tert-OH is 1. The number of ether oxygens (including phenoxy) is 1. The molecule has 0 aromatic heterocycles. The molecule has 0 heterocycles. The van der Waals surface area contributed by atoms with E-state index in [4.69, 9.17) is 4.74 Å². The highest BCUT2D eigenvalue weighted by atomic mass is 32.2. The van der Waals surface area contributed by atoms with E-state index in [0.717, 1.165) is 0 Å². The first kappa shape index (κ1) is 20.1. The maximum absolute atomic E-state index is 12.5. The molecule has 1 aromatic rings. The van der Waals surface area contributed by atoms with Crippen LogP contribution in [-0.4, -0.2) is 52.5 Å². The Morgan fingerprint density at radius 2 is 1.75 bits per heavy atom. The number of carboxylic acid groups (broad SMARTS) is 1. The van der Waals surface area contributed by atoms with Crippen LogP contribution in [-0.2, 0) is 26.1 Å². The number of carboxylic acids is 1. The molecule has 0 spiro atoms. The minimum Gasteiger partial charge on any atom is -0.480 e. The molecule has 134 valence electrons. The van der Waals surface area contributed by atoms with Gasteiger partial charge >= 0.3 is 21.3 Å². The Bertz CT molecular complexity index is 680. The molecule has 8 nitrogen and oxygen atoms in total. The van der Waals surface area contributed by atoms with Crippen LogP contribution in [0.1, 0.15) is 26.3 Å². The number of aliphatic hydroxyl groups is 1. The molecule has 0 aliphatic rings. The molecule has 1 unspecified atom stereocenters. The molecule has 0 fully saturated rings. The molecule has 0 saturated heterocycles. The van der Waals surface area contributed by atoms with Gasteiger partial charge in [0.2, 0.25) is 0 Å². The summed E-state index contributed by atoms with van der Waals surface area (Å²) < 4.78 is 30.3. The number of sulfonamides is 1. The minimum absolute atomic E-state index is 0.389. The summed E-state index contributed by atoms with van der Waals surface area (Å²) in [7, 11) is -4.76. The van der Waals surface area contributed by atoms with E-state index in [2.05, 4.69) is 0 Å². The van der Waals surface area contributed by atoms with E-state index in [1.165, 1.54) is 20.8 Å². The quantitative estimate of drug-likeness (QED) is 0.732. The van der Waals surface area contributed by atoms with E-state index in [-0.39, 0.29) is 6.54 Å². The lowest BCUT2D eigenvalue weighted by Gasteiger charge is -2.27. The van der Waals surface area contributed by atoms with Gasteiger partial charge in [-0.3, -0.25) is 4.79 Å². The molecule has 0 aliphatic carbocycles. The summed E-state index contributed by atoms with van der Waals surface area (Å²) in [5.74, 6) is -1.57. The van der Waals surface area contributed by atoms with Crippen LogP contribution in [0.5, 0.6) is 0 Å². The second-order valence-corrected chi connectivity index (χ2v) is 7.79. The summed E-state index contributed by atoms with van der Waals surface area (Å²) in [4.78, 5) is 23.3. The number of hydrogen-bond acceptors (Lipinski definition) is 6. The van der Waals surface area contributed by atoms with Gasteiger partial charge in [0.15, 0.2) is 0 Å². The average Bonchev–Trinajstić information content (AvgIpc) is 2.45. The molecule has 24 heavy (non-hydrogen) atoms. The van der Waals surface area contributed by atoms with Gasteiger partial charge in [-0.05, 0) is 26.3 Å². The number of hydrogen-bond donors (Lipinski definition) is 2. The summed E-state index contributed by atoms with van der Waals surface area (Å²) in [6, 6.07) is 6.34. The van der Waals surface area contributed by atoms with Gasteiger partial charge in [-0.1, -0.05) is 30.3 Å². The Hall–Kier alpha value is -1.97. The Labute approximate surface area is 140 Å². The summed E-state index contributed by atoms with van der Waals surface area (Å²) in [5.41, 5.74) is -0.607. The van der Waals surface area contributed by atoms with Crippen molar-refractivity contribution in [3.05, 3.63) is 35.9 Å². The lowest BCUT2D eigenvalue weighted by molar-refractivity contribution is -0.142. The fourth-order valence-electron chi connectivity index (χ4n) is 1.82. The van der Waals surface area contributed by atoms with Crippen molar-refractivity contribution < 1.29 is 33.0 Å². The van der Waals surface area contributed by atoms with Crippen molar-refractivity contribution in [2.45, 2.75) is 39.0 Å². The van der Waals surface area contributed by atoms with E-state index in [0.29, 0.717) is 9.87 Å². The summed E-state index contributed by atoms with van der Waals surface area (Å²) >= 11 is 0. The fourth-order valence-corrected chi connectivity index (χ4v) is 3.17. The van der Waals surface area contributed by atoms with Crippen LogP contribution in [0.25, 0.3) is 0 Å². The Balaban J connectivity index is 3.25. The van der Waals surface area contributed by atoms with Crippen LogP contribution in [0.3, 0.4) is 0 Å². The average molecular weight is 359 g/mol. The molecule has 2 N–H and O–H groups in total. The van der Waals surface area contributed by atoms with Gasteiger partial charge in [0.25, 0.3) is 0 Å². The molecular weight excluding hydrogens is 338 g/mol. The third-order valence-electron chi connectivity index (χ3n) is 2.90. The summed E-state index contributed by atoms with van der Waals surface area (Å²) in [6.45, 7) is 3.10. The predicted molar refractivity (Wildman–Crippen MR) is 85.6 cm³/mol. The number of carbonyl (C=O) groups excluding carboxylic acids is 1. The first-order valence-corrected chi connectivity index (χ1v) is 8.55. The van der Waals surface area contributed by atoms with Crippen LogP contribution >= 0.6 is 0 Å². The zero-order valence-corrected chi connectivity index (χ0v) is 14.5. The number of rotatable bonds is 6. The molecule has 0 saturated carbocycles. The molecule has 1 rings (SSSR count). The first-order valence-electron chi connectivity index (χ1n) is 7.11. The molecule has 9 heteroatoms. The monoisotopic (exact) mass is 359 g/mol. The van der Waals surface area contributed by atoms with Crippen molar-refractivity contribution in [1.82, 2.24) is 4.31 Å². The topological polar surface area (TPSA) is 121 Å². The van der Waals surface area contributed by atoms with Gasteiger partial charge in [0.1, 0.15) is 11.6 Å². The lowest BCUT2D eigenvalue weighted by atomic mass is 10.2. The first-order chi connectivity index (χ1) is 11.0. The zero-order valence-electron chi connectivity index (χ0n) is 13.7. The standard InChI is InChI=1S/C15H21NO7S/c1-15(2,3)23-14(20)24(21,22)16(12(10-17)13(18)19)9-11-7-5-4-6-8-11/h4-8,12,17H,9-10H2,1-3H3,(H,18,19). The highest BCUT2D eigenvalue weighted by Crippen LogP contribution is 2.19. The Morgan fingerprint density at radius 3 is 2.17 bits per heavy atom. The number of aliphatic carboxylic acids is 1. The summed E-state index contributed by atoms with van der Waals surface area (Å²) in [5, 5.41) is 16.9. The van der Waals surface area contributed by atoms with Gasteiger partial charge in [0.05, 0.1) is 6.61 Å². The number of carbonyl (C=O) groups is 2. The maximum Gasteiger partial charge on any atom is 0.440 e. The van der Waals surface area contributed by atoms with E-state index < -0.39 is 39.5 Å². The SMILES string of the molecule is CC(C)(C)OC(=O)S(=O)(=O)N(Cc1ccccc1)C(CO)C(=O)O. The van der Waals surface area contributed by atoms with Gasteiger partial charge in [-0.2, -0.15) is 12.7 Å². The number of benzene rings is 1. The molecule has 0 bridgehead atoms. The van der Waals surface area contributed by atoms with Crippen LogP contribution in [0.4, 0.5) is 4.79 Å². The fraction of sp³-hybridized carbons (Fsp3) is 0.467. The molecule has 1 aromatic carbocycles. The normalized spacial score (nSPS) is 13.5. The second-order valence-electron chi connectivity index (χ2n) is 6.04. The van der Waals surface area contributed by atoms with Crippen molar-refractivity contribution in [3.8, 4) is 0 Å². The number of nitrogens with zero attached hydrogens (tertiary/aromatic N) is 1. The predicted octanol–water partition coefficient (Wildman–Crippen LogP) is 1.20. The van der Waals surface area contributed by atoms with E-state index in [1.807, 2.05) is 0 Å². The maximum atomic E-state index is 12.5. The smallest absolute Gasteiger partial charge is 0.440 e. The van der Waals surface area contributed by atoms with E-state index in [1.54, 1.807) is 30.3 Å². The lowest BCUT2D eigenvalue weighted by Crippen LogP contribution is -2.49. The summed E-state index contributed by atoms with van der Waals surface area (Å²) in [6.07, 6.45) is 0. The minimum atomic E-state index is -4.76. The van der Waals surface area contributed by atoms with Gasteiger partial charge in [-0.15, -0.1) is 0 Å². The van der Waals surface area contributed by atoms with Crippen molar-refractivity contribution in [2.75, 3.05) is 6.61 Å². The van der Waals surface area contributed by atoms with Crippen LogP contribution in [0, 0.1) is 0 Å². The van der Waals surface area contributed by atoms with E-state index in [9.17, 15) is 28.2 Å². The van der Waals surface area contributed by atoms with E-state index >= 15 is 0 Å². The molecule has 0 amide bonds. The molecule has 0 radical (unpaired) electrons. The highest BCUT2D eigenvalue weighted by Gasteiger charge is 2.41. The van der Waals surface area contributed by atoms with Gasteiger partial charge < -0.3 is 14.9 Å². The van der Waals surface area contributed by atoms with Gasteiger partial charge in [-0.25, -0.2) is 4.79 Å². The molecule has 0 aliphatic heterocycles. The van der Waals surface area contributed by atoms with Crippen molar-refractivity contribution >= 4 is 21.3 Å². The van der Waals surface area contributed by atoms with Crippen molar-refractivity contribution in [1.29, 1.82) is 0 Å². The Kier molecular flexibility index (Phi) is 6.47. The van der Waals surface area contributed by atoms with Crippen molar-refractivity contribution in [3.63, 3.8) is 0 Å². The largest absolute Gasteiger partial charge is 0.480 e. The van der Waals surface area contributed by atoms with Crippen LogP contribution < -0.4 is 0 Å². The van der Waals surface area contributed by atoms with Crippen molar-refractivity contribution in [2.24, 2.45) is 0 Å². The van der Waals surface area contributed by atoms with Gasteiger partial charge in [0, 0.05) is 6.54 Å². The third-order valence-corrected chi connectivity index (χ3v) is 4.40. The van der Waals surface area contributed by atoms with Crippen LogP contribution in [0.2, 0.25) is 0 Å². The zero-order chi connectivity index (χ0) is 18.5. The second kappa shape index (κ2) is 7.73. The highest BCUT2D eigenvalue weighted by molar-refractivity contribution is 8.03. The molecule has 1 atom stereocenters. The third kappa shape index (κ3) is 5.29. The Morgan fingerprint density at radius 1 is 1.21 bits per heavy atom.